The SMILES string of the molecule is CCCC1CCC(CCNc2ccc(OC)cc2)N(C)C1. The molecule has 0 spiro atoms. The standard InChI is InChI=1S/C18H30N2O/c1-4-5-15-6-9-17(20(2)14-15)12-13-19-16-7-10-18(21-3)11-8-16/h7-8,10-11,15,17,19H,4-6,9,12-14H2,1-3H3. The van der Waals surface area contributed by atoms with E-state index >= 15 is 0 Å². The number of hydrogen-bond donors (Lipinski definition) is 1. The van der Waals surface area contributed by atoms with Gasteiger partial charge in [-0.05, 0) is 62.9 Å². The average Bonchev–Trinajstić information content (AvgIpc) is 2.50. The number of benzene rings is 1. The monoisotopic (exact) mass is 290 g/mol. The summed E-state index contributed by atoms with van der Waals surface area (Å²) in [4.78, 5) is 2.57. The molecule has 0 radical (unpaired) electrons. The summed E-state index contributed by atoms with van der Waals surface area (Å²) in [6.45, 7) is 4.62. The largest absolute Gasteiger partial charge is 0.497 e. The first kappa shape index (κ1) is 16.2. The van der Waals surface area contributed by atoms with Crippen LogP contribution >= 0.6 is 0 Å². The Morgan fingerprint density at radius 3 is 2.57 bits per heavy atom. The van der Waals surface area contributed by atoms with Gasteiger partial charge in [0.2, 0.25) is 0 Å². The maximum absolute atomic E-state index is 5.18. The Bertz CT molecular complexity index is 404. The first-order valence-electron chi connectivity index (χ1n) is 8.31. The number of ether oxygens (including phenoxy) is 1. The Labute approximate surface area is 129 Å². The van der Waals surface area contributed by atoms with Crippen LogP contribution < -0.4 is 10.1 Å². The van der Waals surface area contributed by atoms with Gasteiger partial charge in [0, 0.05) is 24.8 Å². The van der Waals surface area contributed by atoms with E-state index in [1.54, 1.807) is 7.11 Å². The molecule has 1 saturated heterocycles. The third-order valence-corrected chi connectivity index (χ3v) is 4.67. The third-order valence-electron chi connectivity index (χ3n) is 4.67. The lowest BCUT2D eigenvalue weighted by Crippen LogP contribution is -2.41. The molecule has 1 aliphatic rings. The van der Waals surface area contributed by atoms with Gasteiger partial charge in [0.25, 0.3) is 0 Å². The fraction of sp³-hybridized carbons (Fsp3) is 0.667. The fourth-order valence-electron chi connectivity index (χ4n) is 3.40. The first-order valence-corrected chi connectivity index (χ1v) is 8.31. The quantitative estimate of drug-likeness (QED) is 0.821. The predicted molar refractivity (Wildman–Crippen MR) is 90.2 cm³/mol. The minimum Gasteiger partial charge on any atom is -0.497 e. The van der Waals surface area contributed by atoms with Gasteiger partial charge in [0.15, 0.2) is 0 Å². The molecule has 2 atom stereocenters. The molecule has 0 bridgehead atoms. The van der Waals surface area contributed by atoms with Crippen LogP contribution in [0.15, 0.2) is 24.3 Å². The molecule has 3 heteroatoms. The van der Waals surface area contributed by atoms with E-state index in [-0.39, 0.29) is 0 Å². The van der Waals surface area contributed by atoms with Crippen molar-refractivity contribution in [2.24, 2.45) is 5.92 Å². The molecule has 2 unspecified atom stereocenters. The molecule has 1 aliphatic heterocycles. The fourth-order valence-corrected chi connectivity index (χ4v) is 3.40. The molecule has 1 aromatic carbocycles. The number of nitrogens with one attached hydrogen (secondary N) is 1. The van der Waals surface area contributed by atoms with Crippen LogP contribution in [0.5, 0.6) is 5.75 Å². The highest BCUT2D eigenvalue weighted by Crippen LogP contribution is 2.25. The molecular weight excluding hydrogens is 260 g/mol. The molecule has 0 saturated carbocycles. The van der Waals surface area contributed by atoms with Crippen LogP contribution in [0.4, 0.5) is 5.69 Å². The molecule has 1 aromatic rings. The van der Waals surface area contributed by atoms with E-state index in [2.05, 4.69) is 36.3 Å². The summed E-state index contributed by atoms with van der Waals surface area (Å²) < 4.78 is 5.18. The van der Waals surface area contributed by atoms with Crippen molar-refractivity contribution >= 4 is 5.69 Å². The lowest BCUT2D eigenvalue weighted by molar-refractivity contribution is 0.128. The Morgan fingerprint density at radius 2 is 1.95 bits per heavy atom. The van der Waals surface area contributed by atoms with Gasteiger partial charge in [-0.25, -0.2) is 0 Å². The number of hydrogen-bond acceptors (Lipinski definition) is 3. The van der Waals surface area contributed by atoms with E-state index in [1.807, 2.05) is 12.1 Å². The van der Waals surface area contributed by atoms with Crippen LogP contribution in [0, 0.1) is 5.92 Å². The van der Waals surface area contributed by atoms with Crippen LogP contribution in [-0.2, 0) is 0 Å². The van der Waals surface area contributed by atoms with Crippen LogP contribution in [-0.4, -0.2) is 38.2 Å². The highest BCUT2D eigenvalue weighted by molar-refractivity contribution is 5.46. The van der Waals surface area contributed by atoms with Crippen molar-refractivity contribution in [1.82, 2.24) is 4.90 Å². The molecule has 2 rings (SSSR count). The lowest BCUT2D eigenvalue weighted by Gasteiger charge is -2.37. The van der Waals surface area contributed by atoms with Crippen molar-refractivity contribution in [3.8, 4) is 5.75 Å². The number of rotatable bonds is 7. The Balaban J connectivity index is 1.70. The van der Waals surface area contributed by atoms with E-state index in [9.17, 15) is 0 Å². The zero-order chi connectivity index (χ0) is 15.1. The van der Waals surface area contributed by atoms with E-state index < -0.39 is 0 Å². The van der Waals surface area contributed by atoms with Gasteiger partial charge in [-0.15, -0.1) is 0 Å². The summed E-state index contributed by atoms with van der Waals surface area (Å²) in [6, 6.07) is 8.92. The zero-order valence-electron chi connectivity index (χ0n) is 13.8. The van der Waals surface area contributed by atoms with Crippen LogP contribution in [0.2, 0.25) is 0 Å². The summed E-state index contributed by atoms with van der Waals surface area (Å²) >= 11 is 0. The minimum atomic E-state index is 0.740. The highest BCUT2D eigenvalue weighted by atomic mass is 16.5. The van der Waals surface area contributed by atoms with Gasteiger partial charge in [0.05, 0.1) is 7.11 Å². The summed E-state index contributed by atoms with van der Waals surface area (Å²) in [7, 11) is 3.99. The summed E-state index contributed by atoms with van der Waals surface area (Å²) in [5, 5.41) is 3.52. The number of nitrogens with zero attached hydrogens (tertiary/aromatic N) is 1. The summed E-state index contributed by atoms with van der Waals surface area (Å²) in [5.41, 5.74) is 1.18. The smallest absolute Gasteiger partial charge is 0.119 e. The van der Waals surface area contributed by atoms with Crippen molar-refractivity contribution in [3.05, 3.63) is 24.3 Å². The summed E-state index contributed by atoms with van der Waals surface area (Å²) in [5.74, 6) is 1.83. The van der Waals surface area contributed by atoms with Gasteiger partial charge in [-0.1, -0.05) is 13.3 Å². The van der Waals surface area contributed by atoms with Crippen molar-refractivity contribution < 1.29 is 4.74 Å². The van der Waals surface area contributed by atoms with Crippen molar-refractivity contribution in [2.45, 2.75) is 45.1 Å². The Morgan fingerprint density at radius 1 is 1.19 bits per heavy atom. The van der Waals surface area contributed by atoms with Crippen molar-refractivity contribution in [2.75, 3.05) is 32.6 Å². The van der Waals surface area contributed by atoms with Crippen LogP contribution in [0.3, 0.4) is 0 Å². The third kappa shape index (κ3) is 4.92. The molecule has 1 N–H and O–H groups in total. The molecule has 1 heterocycles. The highest BCUT2D eigenvalue weighted by Gasteiger charge is 2.24. The van der Waals surface area contributed by atoms with E-state index in [0.717, 1.165) is 24.3 Å². The van der Waals surface area contributed by atoms with Gasteiger partial charge in [-0.3, -0.25) is 0 Å². The Kier molecular flexibility index (Phi) is 6.37. The van der Waals surface area contributed by atoms with Crippen molar-refractivity contribution in [1.29, 1.82) is 0 Å². The predicted octanol–water partition coefficient (Wildman–Crippen LogP) is 4.01. The molecule has 3 nitrogen and oxygen atoms in total. The molecule has 21 heavy (non-hydrogen) atoms. The van der Waals surface area contributed by atoms with Crippen molar-refractivity contribution in [3.63, 3.8) is 0 Å². The maximum atomic E-state index is 5.18. The van der Waals surface area contributed by atoms with Gasteiger partial charge >= 0.3 is 0 Å². The second-order valence-corrected chi connectivity index (χ2v) is 6.27. The number of piperidine rings is 1. The van der Waals surface area contributed by atoms with Crippen LogP contribution in [0.1, 0.15) is 39.0 Å². The molecular formula is C18H30N2O. The first-order chi connectivity index (χ1) is 10.2. The average molecular weight is 290 g/mol. The normalized spacial score (nSPS) is 23.0. The number of anilines is 1. The number of methoxy groups -OCH3 is 1. The molecule has 0 aliphatic carbocycles. The minimum absolute atomic E-state index is 0.740. The van der Waals surface area contributed by atoms with Gasteiger partial charge in [0.1, 0.15) is 5.75 Å². The molecule has 118 valence electrons. The lowest BCUT2D eigenvalue weighted by atomic mass is 9.89. The Hall–Kier alpha value is -1.22. The second kappa shape index (κ2) is 8.28. The zero-order valence-corrected chi connectivity index (χ0v) is 13.8. The maximum Gasteiger partial charge on any atom is 0.119 e. The number of likely N-dealkylation sites (tertiary alicyclic amines) is 1. The topological polar surface area (TPSA) is 24.5 Å². The summed E-state index contributed by atoms with van der Waals surface area (Å²) in [6.07, 6.45) is 6.70. The van der Waals surface area contributed by atoms with E-state index in [1.165, 1.54) is 44.3 Å². The molecule has 1 fully saturated rings. The van der Waals surface area contributed by atoms with Gasteiger partial charge < -0.3 is 15.0 Å². The van der Waals surface area contributed by atoms with E-state index in [0.29, 0.717) is 0 Å². The second-order valence-electron chi connectivity index (χ2n) is 6.27. The molecule has 0 aromatic heterocycles. The molecule has 0 amide bonds. The van der Waals surface area contributed by atoms with Crippen LogP contribution in [0.25, 0.3) is 0 Å². The van der Waals surface area contributed by atoms with E-state index in [4.69, 9.17) is 4.74 Å². The van der Waals surface area contributed by atoms with Gasteiger partial charge in [-0.2, -0.15) is 0 Å².